The second-order valence-electron chi connectivity index (χ2n) is 4.86. The Hall–Kier alpha value is -2.38. The lowest BCUT2D eigenvalue weighted by molar-refractivity contribution is 0.103. The molecule has 0 aliphatic rings. The molecule has 0 spiro atoms. The minimum Gasteiger partial charge on any atom is -0.507 e. The molecular formula is C16H16O6S. The van der Waals surface area contributed by atoms with Gasteiger partial charge in [0.15, 0.2) is 5.78 Å². The Labute approximate surface area is 134 Å². The van der Waals surface area contributed by atoms with E-state index in [9.17, 15) is 18.3 Å². The number of carbonyl (C=O) groups excluding carboxylic acids is 1. The van der Waals surface area contributed by atoms with Crippen molar-refractivity contribution in [2.24, 2.45) is 0 Å². The second-order valence-corrected chi connectivity index (χ2v) is 6.43. The molecule has 0 radical (unpaired) electrons. The normalized spacial score (nSPS) is 11.2. The van der Waals surface area contributed by atoms with Crippen LogP contribution in [0, 0.1) is 0 Å². The van der Waals surface area contributed by atoms with Gasteiger partial charge in [0.05, 0.1) is 17.9 Å². The third-order valence-corrected chi connectivity index (χ3v) is 3.87. The fraction of sp³-hybridized carbons (Fsp3) is 0.188. The molecule has 7 heteroatoms. The van der Waals surface area contributed by atoms with Gasteiger partial charge in [0, 0.05) is 11.6 Å². The molecule has 2 N–H and O–H groups in total. The van der Waals surface area contributed by atoms with Crippen molar-refractivity contribution in [1.29, 1.82) is 0 Å². The van der Waals surface area contributed by atoms with Crippen molar-refractivity contribution in [1.82, 2.24) is 0 Å². The van der Waals surface area contributed by atoms with Crippen molar-refractivity contribution >= 4 is 15.9 Å². The van der Waals surface area contributed by atoms with Gasteiger partial charge in [-0.05, 0) is 18.6 Å². The number of aromatic hydroxyl groups is 1. The lowest BCUT2D eigenvalue weighted by Crippen LogP contribution is -2.08. The minimum atomic E-state index is -4.01. The van der Waals surface area contributed by atoms with Gasteiger partial charge in [-0.2, -0.15) is 8.42 Å². The van der Waals surface area contributed by atoms with Gasteiger partial charge >= 0.3 is 0 Å². The Kier molecular flexibility index (Phi) is 5.36. The van der Waals surface area contributed by atoms with E-state index in [2.05, 4.69) is 0 Å². The summed E-state index contributed by atoms with van der Waals surface area (Å²) in [4.78, 5) is 12.3. The average molecular weight is 336 g/mol. The van der Waals surface area contributed by atoms with Crippen molar-refractivity contribution in [2.75, 3.05) is 12.4 Å². The van der Waals surface area contributed by atoms with E-state index >= 15 is 0 Å². The molecule has 0 aliphatic heterocycles. The fourth-order valence-electron chi connectivity index (χ4n) is 1.97. The zero-order valence-electron chi connectivity index (χ0n) is 12.2. The first-order chi connectivity index (χ1) is 10.9. The number of ketones is 1. The Balaban J connectivity index is 2.02. The van der Waals surface area contributed by atoms with Gasteiger partial charge in [0.25, 0.3) is 10.1 Å². The van der Waals surface area contributed by atoms with Gasteiger partial charge in [-0.1, -0.05) is 30.3 Å². The summed E-state index contributed by atoms with van der Waals surface area (Å²) in [5, 5.41) is 9.97. The highest BCUT2D eigenvalue weighted by molar-refractivity contribution is 7.85. The third-order valence-electron chi connectivity index (χ3n) is 3.07. The lowest BCUT2D eigenvalue weighted by atomic mass is 10.0. The summed E-state index contributed by atoms with van der Waals surface area (Å²) in [5.74, 6) is -0.613. The summed E-state index contributed by atoms with van der Waals surface area (Å²) < 4.78 is 35.0. The van der Waals surface area contributed by atoms with Crippen molar-refractivity contribution in [3.8, 4) is 11.5 Å². The summed E-state index contributed by atoms with van der Waals surface area (Å²) >= 11 is 0. The number of benzene rings is 2. The van der Waals surface area contributed by atoms with E-state index in [1.54, 1.807) is 30.3 Å². The number of phenolic OH excluding ortho intramolecular Hbond substituents is 1. The summed E-state index contributed by atoms with van der Waals surface area (Å²) in [7, 11) is -4.01. The van der Waals surface area contributed by atoms with Crippen LogP contribution in [-0.2, 0) is 10.1 Å². The highest BCUT2D eigenvalue weighted by Crippen LogP contribution is 2.26. The summed E-state index contributed by atoms with van der Waals surface area (Å²) in [6, 6.07) is 12.8. The fourth-order valence-corrected chi connectivity index (χ4v) is 2.45. The molecule has 0 heterocycles. The van der Waals surface area contributed by atoms with Gasteiger partial charge in [-0.25, -0.2) is 0 Å². The highest BCUT2D eigenvalue weighted by Gasteiger charge is 2.14. The summed E-state index contributed by atoms with van der Waals surface area (Å²) in [5.41, 5.74) is 0.617. The van der Waals surface area contributed by atoms with E-state index in [1.807, 2.05) is 0 Å². The first-order valence-electron chi connectivity index (χ1n) is 6.87. The largest absolute Gasteiger partial charge is 0.507 e. The zero-order valence-corrected chi connectivity index (χ0v) is 13.0. The van der Waals surface area contributed by atoms with Crippen LogP contribution in [0.1, 0.15) is 22.3 Å². The van der Waals surface area contributed by atoms with Crippen LogP contribution < -0.4 is 4.74 Å². The number of carbonyl (C=O) groups is 1. The maximum Gasteiger partial charge on any atom is 0.264 e. The summed E-state index contributed by atoms with van der Waals surface area (Å²) in [6.45, 7) is 0.0607. The molecule has 2 aromatic rings. The Bertz CT molecular complexity index is 783. The first-order valence-corrected chi connectivity index (χ1v) is 8.48. The molecule has 0 atom stereocenters. The molecule has 23 heavy (non-hydrogen) atoms. The molecule has 0 amide bonds. The molecule has 0 saturated carbocycles. The van der Waals surface area contributed by atoms with Crippen molar-refractivity contribution in [3.63, 3.8) is 0 Å². The van der Waals surface area contributed by atoms with Gasteiger partial charge in [0.2, 0.25) is 0 Å². The van der Waals surface area contributed by atoms with Crippen LogP contribution in [0.4, 0.5) is 0 Å². The van der Waals surface area contributed by atoms with E-state index < -0.39 is 15.9 Å². The molecule has 0 bridgehead atoms. The molecule has 0 saturated heterocycles. The molecular weight excluding hydrogens is 320 g/mol. The van der Waals surface area contributed by atoms with Crippen LogP contribution in [0.2, 0.25) is 0 Å². The number of hydrogen-bond acceptors (Lipinski definition) is 5. The van der Waals surface area contributed by atoms with Gasteiger partial charge < -0.3 is 9.84 Å². The molecule has 2 aromatic carbocycles. The first kappa shape index (κ1) is 17.0. The predicted octanol–water partition coefficient (Wildman–Crippen LogP) is 2.28. The number of phenols is 1. The molecule has 2 rings (SSSR count). The van der Waals surface area contributed by atoms with Gasteiger partial charge in [-0.15, -0.1) is 0 Å². The molecule has 122 valence electrons. The van der Waals surface area contributed by atoms with Gasteiger partial charge in [0.1, 0.15) is 11.5 Å². The van der Waals surface area contributed by atoms with Crippen molar-refractivity contribution in [3.05, 3.63) is 59.7 Å². The topological polar surface area (TPSA) is 101 Å². The van der Waals surface area contributed by atoms with Gasteiger partial charge in [-0.3, -0.25) is 9.35 Å². The molecule has 0 aromatic heterocycles. The lowest BCUT2D eigenvalue weighted by Gasteiger charge is -2.08. The van der Waals surface area contributed by atoms with E-state index in [4.69, 9.17) is 9.29 Å². The predicted molar refractivity (Wildman–Crippen MR) is 84.5 cm³/mol. The van der Waals surface area contributed by atoms with E-state index in [-0.39, 0.29) is 30.1 Å². The Morgan fingerprint density at radius 1 is 1.09 bits per heavy atom. The summed E-state index contributed by atoms with van der Waals surface area (Å²) in [6.07, 6.45) is 0.115. The maximum absolute atomic E-state index is 12.3. The number of ether oxygens (including phenoxy) is 1. The van der Waals surface area contributed by atoms with Crippen molar-refractivity contribution < 1.29 is 27.6 Å². The molecule has 6 nitrogen and oxygen atoms in total. The molecule has 0 unspecified atom stereocenters. The van der Waals surface area contributed by atoms with E-state index in [0.717, 1.165) is 0 Å². The van der Waals surface area contributed by atoms with E-state index in [0.29, 0.717) is 11.3 Å². The monoisotopic (exact) mass is 336 g/mol. The Morgan fingerprint density at radius 3 is 2.39 bits per heavy atom. The smallest absolute Gasteiger partial charge is 0.264 e. The Morgan fingerprint density at radius 2 is 1.78 bits per heavy atom. The average Bonchev–Trinajstić information content (AvgIpc) is 2.51. The molecule has 0 fully saturated rings. The van der Waals surface area contributed by atoms with Crippen molar-refractivity contribution in [2.45, 2.75) is 6.42 Å². The van der Waals surface area contributed by atoms with Crippen LogP contribution in [0.3, 0.4) is 0 Å². The zero-order chi connectivity index (χ0) is 16.9. The van der Waals surface area contributed by atoms with Crippen LogP contribution in [0.25, 0.3) is 0 Å². The van der Waals surface area contributed by atoms with Crippen LogP contribution >= 0.6 is 0 Å². The number of hydrogen-bond donors (Lipinski definition) is 2. The van der Waals surface area contributed by atoms with Crippen LogP contribution in [0.5, 0.6) is 11.5 Å². The highest BCUT2D eigenvalue weighted by atomic mass is 32.2. The maximum atomic E-state index is 12.3. The third kappa shape index (κ3) is 5.08. The minimum absolute atomic E-state index is 0.0607. The SMILES string of the molecule is O=C(c1ccccc1)c1ccc(OCCCS(=O)(=O)O)cc1O. The van der Waals surface area contributed by atoms with E-state index in [1.165, 1.54) is 18.2 Å². The van der Waals surface area contributed by atoms with Crippen LogP contribution in [-0.4, -0.2) is 36.2 Å². The molecule has 0 aliphatic carbocycles. The van der Waals surface area contributed by atoms with Crippen LogP contribution in [0.15, 0.2) is 48.5 Å². The standard InChI is InChI=1S/C16H16O6S/c17-15-11-13(22-9-4-10-23(19,20)21)7-8-14(15)16(18)12-5-2-1-3-6-12/h1-3,5-8,11,17H,4,9-10H2,(H,19,20,21). The second kappa shape index (κ2) is 7.26. The quantitative estimate of drug-likeness (QED) is 0.457. The number of rotatable bonds is 7.